The van der Waals surface area contributed by atoms with Gasteiger partial charge >= 0.3 is 0 Å². The van der Waals surface area contributed by atoms with Crippen molar-refractivity contribution >= 4 is 5.69 Å². The average molecular weight is 405 g/mol. The number of nitrogens with zero attached hydrogens (tertiary/aromatic N) is 1. The van der Waals surface area contributed by atoms with Crippen LogP contribution in [0, 0.1) is 11.8 Å². The molecule has 4 aliphatic heterocycles. The number of hydrogen-bond acceptors (Lipinski definition) is 4. The lowest BCUT2D eigenvalue weighted by atomic mass is 9.61. The normalized spacial score (nSPS) is 33.3. The number of fused-ring (bicyclic) bond motifs is 4. The number of aliphatic hydroxyl groups excluding tert-OH is 1. The summed E-state index contributed by atoms with van der Waals surface area (Å²) in [6.07, 6.45) is 4.75. The van der Waals surface area contributed by atoms with Crippen molar-refractivity contribution in [2.75, 3.05) is 32.1 Å². The molecule has 0 aliphatic carbocycles. The van der Waals surface area contributed by atoms with E-state index < -0.39 is 11.5 Å². The fourth-order valence-electron chi connectivity index (χ4n) is 6.25. The van der Waals surface area contributed by atoms with Crippen LogP contribution in [0.5, 0.6) is 5.75 Å². The first-order chi connectivity index (χ1) is 14.7. The molecule has 158 valence electrons. The molecule has 0 saturated carbocycles. The molecule has 3 fully saturated rings. The van der Waals surface area contributed by atoms with Crippen LogP contribution in [0.4, 0.5) is 5.69 Å². The highest BCUT2D eigenvalue weighted by atomic mass is 16.5. The quantitative estimate of drug-likeness (QED) is 0.738. The number of anilines is 1. The summed E-state index contributed by atoms with van der Waals surface area (Å²) in [6.45, 7) is 7.00. The molecule has 6 atom stereocenters. The van der Waals surface area contributed by atoms with E-state index in [0.717, 1.165) is 49.5 Å². The van der Waals surface area contributed by atoms with Crippen molar-refractivity contribution in [2.24, 2.45) is 11.8 Å². The number of methoxy groups -OCH3 is 1. The summed E-state index contributed by atoms with van der Waals surface area (Å²) in [7, 11) is 1.71. The van der Waals surface area contributed by atoms with Gasteiger partial charge in [-0.1, -0.05) is 36.4 Å². The van der Waals surface area contributed by atoms with Crippen LogP contribution in [-0.2, 0) is 5.41 Å². The van der Waals surface area contributed by atoms with Crippen molar-refractivity contribution < 1.29 is 9.84 Å². The van der Waals surface area contributed by atoms with Crippen LogP contribution in [0.1, 0.15) is 30.4 Å². The van der Waals surface area contributed by atoms with E-state index in [2.05, 4.69) is 65.3 Å². The largest absolute Gasteiger partial charge is 0.497 e. The summed E-state index contributed by atoms with van der Waals surface area (Å²) in [6, 6.07) is 17.0. The lowest BCUT2D eigenvalue weighted by Crippen LogP contribution is -2.62. The van der Waals surface area contributed by atoms with Crippen molar-refractivity contribution in [2.45, 2.75) is 36.8 Å². The monoisotopic (exact) mass is 404 g/mol. The van der Waals surface area contributed by atoms with Gasteiger partial charge in [-0.25, -0.2) is 0 Å². The highest BCUT2D eigenvalue weighted by Gasteiger charge is 2.52. The number of rotatable bonds is 5. The summed E-state index contributed by atoms with van der Waals surface area (Å²) in [5.41, 5.74) is 2.98. The first kappa shape index (κ1) is 19.7. The van der Waals surface area contributed by atoms with Crippen molar-refractivity contribution in [3.8, 4) is 5.75 Å². The van der Waals surface area contributed by atoms with Gasteiger partial charge < -0.3 is 15.2 Å². The van der Waals surface area contributed by atoms with Gasteiger partial charge in [-0.3, -0.25) is 4.90 Å². The maximum atomic E-state index is 12.2. The van der Waals surface area contributed by atoms with Gasteiger partial charge in [0.05, 0.1) is 18.6 Å². The first-order valence-corrected chi connectivity index (χ1v) is 11.2. The Hall–Kier alpha value is -2.30. The fourth-order valence-corrected chi connectivity index (χ4v) is 6.25. The third-order valence-electron chi connectivity index (χ3n) is 7.85. The zero-order chi connectivity index (χ0) is 20.7. The highest BCUT2D eigenvalue weighted by Crippen LogP contribution is 2.50. The zero-order valence-electron chi connectivity index (χ0n) is 17.8. The van der Waals surface area contributed by atoms with Gasteiger partial charge in [-0.2, -0.15) is 0 Å². The maximum Gasteiger partial charge on any atom is 0.119 e. The molecular formula is C26H32N2O2. The molecule has 2 bridgehead atoms. The van der Waals surface area contributed by atoms with Crippen LogP contribution < -0.4 is 10.1 Å². The number of nitrogens with one attached hydrogen (secondary N) is 1. The maximum absolute atomic E-state index is 12.2. The van der Waals surface area contributed by atoms with E-state index in [1.165, 1.54) is 12.0 Å². The molecule has 2 unspecified atom stereocenters. The van der Waals surface area contributed by atoms with Gasteiger partial charge in [0.25, 0.3) is 0 Å². The molecule has 4 aliphatic rings. The van der Waals surface area contributed by atoms with E-state index in [9.17, 15) is 5.11 Å². The molecule has 0 radical (unpaired) electrons. The van der Waals surface area contributed by atoms with E-state index in [0.29, 0.717) is 11.8 Å². The SMILES string of the molecule is C=CC1C[N@@]2CCC1C[C@@H]2[C@H](O)[C@]1(c2ccccc2)CCNc2ccc(OC)cc21. The van der Waals surface area contributed by atoms with Crippen LogP contribution in [0.2, 0.25) is 0 Å². The Labute approximate surface area is 179 Å². The van der Waals surface area contributed by atoms with Gasteiger partial charge in [0, 0.05) is 24.8 Å². The highest BCUT2D eigenvalue weighted by molar-refractivity contribution is 5.63. The molecule has 2 N–H and O–H groups in total. The molecule has 0 amide bonds. The third-order valence-corrected chi connectivity index (χ3v) is 7.85. The predicted molar refractivity (Wildman–Crippen MR) is 121 cm³/mol. The molecule has 2 aromatic rings. The Morgan fingerprint density at radius 2 is 2.10 bits per heavy atom. The minimum absolute atomic E-state index is 0.164. The Balaban J connectivity index is 1.63. The third kappa shape index (κ3) is 2.97. The van der Waals surface area contributed by atoms with E-state index in [-0.39, 0.29) is 6.04 Å². The molecule has 30 heavy (non-hydrogen) atoms. The Morgan fingerprint density at radius 3 is 2.80 bits per heavy atom. The van der Waals surface area contributed by atoms with Crippen LogP contribution in [0.15, 0.2) is 61.2 Å². The van der Waals surface area contributed by atoms with Crippen LogP contribution in [0.3, 0.4) is 0 Å². The van der Waals surface area contributed by atoms with Gasteiger partial charge in [0.15, 0.2) is 0 Å². The predicted octanol–water partition coefficient (Wildman–Crippen LogP) is 4.05. The minimum Gasteiger partial charge on any atom is -0.497 e. The van der Waals surface area contributed by atoms with Gasteiger partial charge in [0.1, 0.15) is 5.75 Å². The molecule has 6 rings (SSSR count). The summed E-state index contributed by atoms with van der Waals surface area (Å²) >= 11 is 0. The topological polar surface area (TPSA) is 44.7 Å². The Kier molecular flexibility index (Phi) is 5.08. The lowest BCUT2D eigenvalue weighted by molar-refractivity contribution is -0.0669. The second-order valence-electron chi connectivity index (χ2n) is 9.12. The molecular weight excluding hydrogens is 372 g/mol. The Morgan fingerprint density at radius 1 is 1.27 bits per heavy atom. The number of piperidine rings is 3. The minimum atomic E-state index is -0.485. The molecule has 3 saturated heterocycles. The van der Waals surface area contributed by atoms with Crippen LogP contribution >= 0.6 is 0 Å². The fraction of sp³-hybridized carbons (Fsp3) is 0.462. The van der Waals surface area contributed by atoms with Crippen molar-refractivity contribution in [3.05, 3.63) is 72.3 Å². The molecule has 4 heteroatoms. The second-order valence-corrected chi connectivity index (χ2v) is 9.12. The van der Waals surface area contributed by atoms with Gasteiger partial charge in [-0.05, 0) is 67.0 Å². The van der Waals surface area contributed by atoms with Crippen molar-refractivity contribution in [3.63, 3.8) is 0 Å². The van der Waals surface area contributed by atoms with E-state index in [1.54, 1.807) is 7.11 Å². The smallest absolute Gasteiger partial charge is 0.119 e. The van der Waals surface area contributed by atoms with Crippen molar-refractivity contribution in [1.82, 2.24) is 4.90 Å². The molecule has 4 nitrogen and oxygen atoms in total. The summed E-state index contributed by atoms with van der Waals surface area (Å²) in [5, 5.41) is 15.7. The van der Waals surface area contributed by atoms with Crippen LogP contribution in [0.25, 0.3) is 0 Å². The van der Waals surface area contributed by atoms with Gasteiger partial charge in [0.2, 0.25) is 0 Å². The zero-order valence-corrected chi connectivity index (χ0v) is 17.8. The summed E-state index contributed by atoms with van der Waals surface area (Å²) in [5.74, 6) is 2.02. The molecule has 2 aromatic carbocycles. The average Bonchev–Trinajstić information content (AvgIpc) is 2.83. The standard InChI is InChI=1S/C26H32N2O2/c1-3-18-17-28-14-11-19(18)15-24(28)25(29)26(20-7-5-4-6-8-20)12-13-27-23-10-9-21(30-2)16-22(23)26/h3-10,16,18-19,24-25,27,29H,1,11-15,17H2,2H3/t18?,19?,24-,25+,26+/m1/s1. The van der Waals surface area contributed by atoms with E-state index >= 15 is 0 Å². The summed E-state index contributed by atoms with van der Waals surface area (Å²) < 4.78 is 5.58. The van der Waals surface area contributed by atoms with Crippen molar-refractivity contribution in [1.29, 1.82) is 0 Å². The molecule has 4 heterocycles. The molecule has 0 aromatic heterocycles. The van der Waals surface area contributed by atoms with E-state index in [1.807, 2.05) is 6.07 Å². The number of benzene rings is 2. The second kappa shape index (κ2) is 7.75. The number of ether oxygens (including phenoxy) is 1. The Bertz CT molecular complexity index is 915. The van der Waals surface area contributed by atoms with Gasteiger partial charge in [-0.15, -0.1) is 6.58 Å². The van der Waals surface area contributed by atoms with E-state index in [4.69, 9.17) is 4.74 Å². The summed E-state index contributed by atoms with van der Waals surface area (Å²) in [4.78, 5) is 2.52. The number of aliphatic hydroxyl groups is 1. The first-order valence-electron chi connectivity index (χ1n) is 11.2. The lowest BCUT2D eigenvalue weighted by Gasteiger charge is -2.55. The number of hydrogen-bond donors (Lipinski definition) is 2. The molecule has 0 spiro atoms. The van der Waals surface area contributed by atoms with Crippen LogP contribution in [-0.4, -0.2) is 48.9 Å².